The van der Waals surface area contributed by atoms with Crippen LogP contribution in [0.3, 0.4) is 0 Å². The largest absolute Gasteiger partial charge is 0.496 e. The van der Waals surface area contributed by atoms with Gasteiger partial charge in [-0.1, -0.05) is 32.0 Å². The van der Waals surface area contributed by atoms with Crippen LogP contribution >= 0.6 is 0 Å². The highest BCUT2D eigenvalue weighted by Crippen LogP contribution is 2.21. The maximum atomic E-state index is 12.0. The SMILES string of the molecule is COC(=O)c1cc(CNC(=O)CCOc2ccc(C(C)C)cc2)ccc1OC. The lowest BCUT2D eigenvalue weighted by molar-refractivity contribution is -0.121. The molecule has 0 spiro atoms. The minimum absolute atomic E-state index is 0.130. The second-order valence-corrected chi connectivity index (χ2v) is 6.63. The zero-order chi connectivity index (χ0) is 20.5. The van der Waals surface area contributed by atoms with Crippen molar-refractivity contribution in [3.63, 3.8) is 0 Å². The minimum atomic E-state index is -0.484. The molecule has 1 amide bonds. The van der Waals surface area contributed by atoms with E-state index in [2.05, 4.69) is 19.2 Å². The van der Waals surface area contributed by atoms with Crippen LogP contribution in [0.1, 0.15) is 47.7 Å². The fourth-order valence-corrected chi connectivity index (χ4v) is 2.63. The van der Waals surface area contributed by atoms with Gasteiger partial charge in [-0.15, -0.1) is 0 Å². The number of ether oxygens (including phenoxy) is 3. The Morgan fingerprint density at radius 1 is 1.04 bits per heavy atom. The number of amides is 1. The van der Waals surface area contributed by atoms with Crippen LogP contribution in [0.15, 0.2) is 42.5 Å². The average molecular weight is 385 g/mol. The first kappa shape index (κ1) is 21.3. The van der Waals surface area contributed by atoms with Crippen molar-refractivity contribution in [1.82, 2.24) is 5.32 Å². The van der Waals surface area contributed by atoms with Crippen LogP contribution in [0.4, 0.5) is 0 Å². The molecule has 0 saturated heterocycles. The molecule has 2 rings (SSSR count). The van der Waals surface area contributed by atoms with Gasteiger partial charge < -0.3 is 19.5 Å². The third kappa shape index (κ3) is 6.01. The molecule has 1 N–H and O–H groups in total. The summed E-state index contributed by atoms with van der Waals surface area (Å²) in [7, 11) is 2.80. The fraction of sp³-hybridized carbons (Fsp3) is 0.364. The lowest BCUT2D eigenvalue weighted by atomic mass is 10.0. The van der Waals surface area contributed by atoms with Gasteiger partial charge in [-0.3, -0.25) is 4.79 Å². The van der Waals surface area contributed by atoms with Crippen molar-refractivity contribution in [3.8, 4) is 11.5 Å². The van der Waals surface area contributed by atoms with Gasteiger partial charge in [-0.25, -0.2) is 4.79 Å². The molecular weight excluding hydrogens is 358 g/mol. The highest BCUT2D eigenvalue weighted by atomic mass is 16.5. The molecule has 0 radical (unpaired) electrons. The van der Waals surface area contributed by atoms with Gasteiger partial charge >= 0.3 is 5.97 Å². The second kappa shape index (κ2) is 10.3. The lowest BCUT2D eigenvalue weighted by Gasteiger charge is -2.11. The summed E-state index contributed by atoms with van der Waals surface area (Å²) in [6.07, 6.45) is 0.242. The monoisotopic (exact) mass is 385 g/mol. The van der Waals surface area contributed by atoms with Crippen molar-refractivity contribution in [2.45, 2.75) is 32.7 Å². The zero-order valence-corrected chi connectivity index (χ0v) is 16.8. The number of hydrogen-bond acceptors (Lipinski definition) is 5. The highest BCUT2D eigenvalue weighted by molar-refractivity contribution is 5.92. The number of rotatable bonds is 9. The first-order valence-electron chi connectivity index (χ1n) is 9.19. The standard InChI is InChI=1S/C22H27NO5/c1-15(2)17-6-8-18(9-7-17)28-12-11-21(24)23-14-16-5-10-20(26-3)19(13-16)22(25)27-4/h5-10,13,15H,11-12,14H2,1-4H3,(H,23,24). The summed E-state index contributed by atoms with van der Waals surface area (Å²) in [5, 5.41) is 2.82. The summed E-state index contributed by atoms with van der Waals surface area (Å²) in [6.45, 7) is 4.87. The molecule has 2 aromatic carbocycles. The smallest absolute Gasteiger partial charge is 0.341 e. The molecule has 0 aliphatic rings. The second-order valence-electron chi connectivity index (χ2n) is 6.63. The topological polar surface area (TPSA) is 73.9 Å². The minimum Gasteiger partial charge on any atom is -0.496 e. The molecule has 0 bridgehead atoms. The fourth-order valence-electron chi connectivity index (χ4n) is 2.63. The lowest BCUT2D eigenvalue weighted by Crippen LogP contribution is -2.24. The van der Waals surface area contributed by atoms with Crippen LogP contribution in [-0.4, -0.2) is 32.7 Å². The molecular formula is C22H27NO5. The Balaban J connectivity index is 1.81. The normalized spacial score (nSPS) is 10.5. The van der Waals surface area contributed by atoms with E-state index in [-0.39, 0.29) is 12.3 Å². The van der Waals surface area contributed by atoms with Crippen LogP contribution in [0.5, 0.6) is 11.5 Å². The Morgan fingerprint density at radius 3 is 2.36 bits per heavy atom. The van der Waals surface area contributed by atoms with Crippen molar-refractivity contribution >= 4 is 11.9 Å². The van der Waals surface area contributed by atoms with Crippen LogP contribution in [0, 0.1) is 0 Å². The Kier molecular flexibility index (Phi) is 7.87. The number of nitrogens with one attached hydrogen (secondary N) is 1. The summed E-state index contributed by atoms with van der Waals surface area (Å²) >= 11 is 0. The molecule has 0 atom stereocenters. The van der Waals surface area contributed by atoms with E-state index in [1.54, 1.807) is 18.2 Å². The van der Waals surface area contributed by atoms with Crippen LogP contribution in [0.25, 0.3) is 0 Å². The van der Waals surface area contributed by atoms with E-state index in [1.807, 2.05) is 24.3 Å². The zero-order valence-electron chi connectivity index (χ0n) is 16.8. The van der Waals surface area contributed by atoms with Gasteiger partial charge in [0.25, 0.3) is 0 Å². The number of carbonyl (C=O) groups is 2. The third-order valence-corrected chi connectivity index (χ3v) is 4.30. The Hall–Kier alpha value is -3.02. The van der Waals surface area contributed by atoms with Gasteiger partial charge in [0, 0.05) is 6.54 Å². The first-order valence-corrected chi connectivity index (χ1v) is 9.19. The van der Waals surface area contributed by atoms with Crippen LogP contribution in [0.2, 0.25) is 0 Å². The summed E-state index contributed by atoms with van der Waals surface area (Å²) in [6, 6.07) is 13.0. The van der Waals surface area contributed by atoms with Crippen molar-refractivity contribution in [1.29, 1.82) is 0 Å². The van der Waals surface area contributed by atoms with Crippen molar-refractivity contribution in [2.75, 3.05) is 20.8 Å². The van der Waals surface area contributed by atoms with Gasteiger partial charge in [-0.2, -0.15) is 0 Å². The molecule has 2 aromatic rings. The number of benzene rings is 2. The Labute approximate surface area is 165 Å². The van der Waals surface area contributed by atoms with Crippen LogP contribution in [-0.2, 0) is 16.1 Å². The van der Waals surface area contributed by atoms with E-state index < -0.39 is 5.97 Å². The van der Waals surface area contributed by atoms with Crippen molar-refractivity contribution < 1.29 is 23.8 Å². The van der Waals surface area contributed by atoms with E-state index in [4.69, 9.17) is 14.2 Å². The third-order valence-electron chi connectivity index (χ3n) is 4.30. The predicted octanol–water partition coefficient (Wildman–Crippen LogP) is 3.69. The van der Waals surface area contributed by atoms with Gasteiger partial charge in [0.05, 0.1) is 27.2 Å². The summed E-state index contributed by atoms with van der Waals surface area (Å²) in [4.78, 5) is 23.9. The molecule has 0 aliphatic carbocycles. The van der Waals surface area contributed by atoms with Gasteiger partial charge in [0.15, 0.2) is 0 Å². The molecule has 0 aromatic heterocycles. The quantitative estimate of drug-likeness (QED) is 0.667. The molecule has 6 heteroatoms. The molecule has 150 valence electrons. The van der Waals surface area contributed by atoms with Crippen molar-refractivity contribution in [3.05, 3.63) is 59.2 Å². The molecule has 0 unspecified atom stereocenters. The van der Waals surface area contributed by atoms with E-state index >= 15 is 0 Å². The molecule has 0 saturated carbocycles. The maximum Gasteiger partial charge on any atom is 0.341 e. The van der Waals surface area contributed by atoms with E-state index in [9.17, 15) is 9.59 Å². The molecule has 0 aliphatic heterocycles. The maximum absolute atomic E-state index is 12.0. The predicted molar refractivity (Wildman–Crippen MR) is 107 cm³/mol. The molecule has 28 heavy (non-hydrogen) atoms. The molecule has 6 nitrogen and oxygen atoms in total. The summed E-state index contributed by atoms with van der Waals surface area (Å²) in [5.41, 5.74) is 2.35. The summed E-state index contributed by atoms with van der Waals surface area (Å²) in [5.74, 6) is 1.03. The highest BCUT2D eigenvalue weighted by Gasteiger charge is 2.13. The first-order chi connectivity index (χ1) is 13.4. The average Bonchev–Trinajstić information content (AvgIpc) is 2.71. The number of methoxy groups -OCH3 is 2. The van der Waals surface area contributed by atoms with E-state index in [1.165, 1.54) is 19.8 Å². The van der Waals surface area contributed by atoms with E-state index in [0.29, 0.717) is 30.4 Å². The number of esters is 1. The Bertz CT molecular complexity index is 799. The number of carbonyl (C=O) groups excluding carboxylic acids is 2. The van der Waals surface area contributed by atoms with Crippen molar-refractivity contribution in [2.24, 2.45) is 0 Å². The Morgan fingerprint density at radius 2 is 1.75 bits per heavy atom. The van der Waals surface area contributed by atoms with Crippen LogP contribution < -0.4 is 14.8 Å². The van der Waals surface area contributed by atoms with Gasteiger partial charge in [0.1, 0.15) is 17.1 Å². The van der Waals surface area contributed by atoms with E-state index in [0.717, 1.165) is 11.3 Å². The molecule has 0 heterocycles. The van der Waals surface area contributed by atoms with Gasteiger partial charge in [0.2, 0.25) is 5.91 Å². The van der Waals surface area contributed by atoms with Gasteiger partial charge in [-0.05, 0) is 41.3 Å². The summed E-state index contributed by atoms with van der Waals surface area (Å²) < 4.78 is 15.5. The molecule has 0 fully saturated rings. The number of hydrogen-bond donors (Lipinski definition) is 1.